The van der Waals surface area contributed by atoms with Crippen molar-refractivity contribution in [3.8, 4) is 5.75 Å². The molecule has 2 aromatic rings. The second-order valence-electron chi connectivity index (χ2n) is 6.56. The molecule has 130 valence electrons. The molecule has 1 aliphatic rings. The summed E-state index contributed by atoms with van der Waals surface area (Å²) in [4.78, 5) is 6.67. The fourth-order valence-electron chi connectivity index (χ4n) is 2.85. The predicted octanol–water partition coefficient (Wildman–Crippen LogP) is 1.47. The zero-order valence-corrected chi connectivity index (χ0v) is 14.3. The zero-order valence-electron chi connectivity index (χ0n) is 14.3. The lowest BCUT2D eigenvalue weighted by Gasteiger charge is -2.28. The van der Waals surface area contributed by atoms with Gasteiger partial charge in [-0.1, -0.05) is 5.21 Å². The molecule has 1 N–H and O–H groups in total. The lowest BCUT2D eigenvalue weighted by Crippen LogP contribution is -2.35. The summed E-state index contributed by atoms with van der Waals surface area (Å²) >= 11 is 0. The Hall–Kier alpha value is -1.99. The first-order chi connectivity index (χ1) is 11.6. The Morgan fingerprint density at radius 2 is 2.04 bits per heavy atom. The van der Waals surface area contributed by atoms with Crippen molar-refractivity contribution >= 4 is 0 Å². The minimum atomic E-state index is -0.150. The van der Waals surface area contributed by atoms with Crippen molar-refractivity contribution in [3.05, 3.63) is 35.9 Å². The second-order valence-corrected chi connectivity index (χ2v) is 6.56. The third-order valence-electron chi connectivity index (χ3n) is 4.01. The highest BCUT2D eigenvalue weighted by molar-refractivity contribution is 5.23. The number of ether oxygens (including phenoxy) is 1. The van der Waals surface area contributed by atoms with E-state index >= 15 is 0 Å². The van der Waals surface area contributed by atoms with Gasteiger partial charge in [0.15, 0.2) is 0 Å². The molecule has 24 heavy (non-hydrogen) atoms. The molecule has 7 nitrogen and oxygen atoms in total. The van der Waals surface area contributed by atoms with Crippen LogP contribution in [-0.2, 0) is 13.1 Å². The summed E-state index contributed by atoms with van der Waals surface area (Å²) < 4.78 is 7.50. The number of aromatic nitrogens is 4. The van der Waals surface area contributed by atoms with Crippen molar-refractivity contribution in [3.63, 3.8) is 0 Å². The summed E-state index contributed by atoms with van der Waals surface area (Å²) in [6.45, 7) is 7.17. The van der Waals surface area contributed by atoms with E-state index in [-0.39, 0.29) is 12.2 Å². The first kappa shape index (κ1) is 16.9. The second kappa shape index (κ2) is 7.72. The summed E-state index contributed by atoms with van der Waals surface area (Å²) in [5, 5.41) is 18.0. The monoisotopic (exact) mass is 331 g/mol. The number of hydrogen-bond donors (Lipinski definition) is 1. The van der Waals surface area contributed by atoms with Gasteiger partial charge in [0.25, 0.3) is 0 Å². The molecular weight excluding hydrogens is 306 g/mol. The Labute approximate surface area is 142 Å². The van der Waals surface area contributed by atoms with Gasteiger partial charge >= 0.3 is 0 Å². The molecule has 0 aliphatic carbocycles. The summed E-state index contributed by atoms with van der Waals surface area (Å²) in [7, 11) is 0. The maximum absolute atomic E-state index is 9.56. The molecule has 3 heterocycles. The Balaban J connectivity index is 1.58. The number of piperidine rings is 1. The predicted molar refractivity (Wildman–Crippen MR) is 89.6 cm³/mol. The van der Waals surface area contributed by atoms with Crippen LogP contribution in [0.15, 0.2) is 24.5 Å². The molecule has 0 atom stereocenters. The first-order valence-corrected chi connectivity index (χ1v) is 8.49. The zero-order chi connectivity index (χ0) is 16.9. The standard InChI is InChI=1S/C17H25N5O2/c1-13(2)24-17-3-6-18-14(9-17)11-22-12-15(19-20-22)10-21-7-4-16(23)5-8-21/h3,6,9,12-13,16,23H,4-5,7-8,10-11H2,1-2H3. The molecule has 7 heteroatoms. The molecule has 1 saturated heterocycles. The molecule has 0 amide bonds. The Bertz CT molecular complexity index is 650. The maximum Gasteiger partial charge on any atom is 0.123 e. The van der Waals surface area contributed by atoms with E-state index in [2.05, 4.69) is 20.2 Å². The molecule has 0 unspecified atom stereocenters. The average Bonchev–Trinajstić information content (AvgIpc) is 2.96. The summed E-state index contributed by atoms with van der Waals surface area (Å²) in [6.07, 6.45) is 5.37. The Morgan fingerprint density at radius 3 is 2.79 bits per heavy atom. The van der Waals surface area contributed by atoms with Gasteiger partial charge in [0.2, 0.25) is 0 Å². The fraction of sp³-hybridized carbons (Fsp3) is 0.588. The minimum absolute atomic E-state index is 0.140. The van der Waals surface area contributed by atoms with Crippen LogP contribution in [0.5, 0.6) is 5.75 Å². The molecule has 1 fully saturated rings. The van der Waals surface area contributed by atoms with E-state index in [1.807, 2.05) is 32.2 Å². The highest BCUT2D eigenvalue weighted by Gasteiger charge is 2.18. The number of likely N-dealkylation sites (tertiary alicyclic amines) is 1. The molecule has 0 saturated carbocycles. The van der Waals surface area contributed by atoms with Crippen LogP contribution in [0.4, 0.5) is 0 Å². The Morgan fingerprint density at radius 1 is 1.25 bits per heavy atom. The number of aliphatic hydroxyl groups excluding tert-OH is 1. The SMILES string of the molecule is CC(C)Oc1ccnc(Cn2cc(CN3CCC(O)CC3)nn2)c1. The van der Waals surface area contributed by atoms with Crippen LogP contribution in [0.2, 0.25) is 0 Å². The molecule has 0 bridgehead atoms. The number of rotatable bonds is 6. The van der Waals surface area contributed by atoms with Crippen LogP contribution in [-0.4, -0.2) is 55.3 Å². The quantitative estimate of drug-likeness (QED) is 0.864. The van der Waals surface area contributed by atoms with E-state index < -0.39 is 0 Å². The van der Waals surface area contributed by atoms with E-state index in [1.165, 1.54) is 0 Å². The number of aliphatic hydroxyl groups is 1. The van der Waals surface area contributed by atoms with Gasteiger partial charge in [-0.25, -0.2) is 4.68 Å². The van der Waals surface area contributed by atoms with E-state index in [1.54, 1.807) is 10.9 Å². The molecule has 1 aliphatic heterocycles. The van der Waals surface area contributed by atoms with Gasteiger partial charge in [-0.2, -0.15) is 0 Å². The van der Waals surface area contributed by atoms with Crippen molar-refractivity contribution in [2.45, 2.75) is 52.0 Å². The number of nitrogens with zero attached hydrogens (tertiary/aromatic N) is 5. The highest BCUT2D eigenvalue weighted by atomic mass is 16.5. The third kappa shape index (κ3) is 4.75. The van der Waals surface area contributed by atoms with Crippen LogP contribution < -0.4 is 4.74 Å². The number of pyridine rings is 1. The molecule has 0 aromatic carbocycles. The normalized spacial score (nSPS) is 16.7. The topological polar surface area (TPSA) is 76.3 Å². The lowest BCUT2D eigenvalue weighted by atomic mass is 10.1. The minimum Gasteiger partial charge on any atom is -0.491 e. The van der Waals surface area contributed by atoms with E-state index in [9.17, 15) is 5.11 Å². The summed E-state index contributed by atoms with van der Waals surface area (Å²) in [5.41, 5.74) is 1.84. The molecule has 2 aromatic heterocycles. The largest absolute Gasteiger partial charge is 0.491 e. The molecule has 0 spiro atoms. The van der Waals surface area contributed by atoms with Crippen LogP contribution in [0, 0.1) is 0 Å². The van der Waals surface area contributed by atoms with E-state index in [0.717, 1.165) is 49.6 Å². The molecule has 0 radical (unpaired) electrons. The van der Waals surface area contributed by atoms with Crippen LogP contribution in [0.3, 0.4) is 0 Å². The van der Waals surface area contributed by atoms with Gasteiger partial charge in [-0.3, -0.25) is 9.88 Å². The highest BCUT2D eigenvalue weighted by Crippen LogP contribution is 2.15. The fourth-order valence-corrected chi connectivity index (χ4v) is 2.85. The first-order valence-electron chi connectivity index (χ1n) is 8.49. The van der Waals surface area contributed by atoms with Gasteiger partial charge in [0.1, 0.15) is 5.75 Å². The van der Waals surface area contributed by atoms with Gasteiger partial charge in [-0.05, 0) is 32.8 Å². The smallest absolute Gasteiger partial charge is 0.123 e. The van der Waals surface area contributed by atoms with Crippen molar-refractivity contribution < 1.29 is 9.84 Å². The van der Waals surface area contributed by atoms with Crippen LogP contribution in [0.1, 0.15) is 38.1 Å². The van der Waals surface area contributed by atoms with Gasteiger partial charge < -0.3 is 9.84 Å². The molecule has 3 rings (SSSR count). The van der Waals surface area contributed by atoms with E-state index in [4.69, 9.17) is 4.74 Å². The van der Waals surface area contributed by atoms with Crippen molar-refractivity contribution in [1.82, 2.24) is 24.9 Å². The van der Waals surface area contributed by atoms with Crippen LogP contribution >= 0.6 is 0 Å². The van der Waals surface area contributed by atoms with E-state index in [0.29, 0.717) is 6.54 Å². The van der Waals surface area contributed by atoms with Gasteiger partial charge in [0, 0.05) is 31.9 Å². The van der Waals surface area contributed by atoms with Crippen molar-refractivity contribution in [1.29, 1.82) is 0 Å². The van der Waals surface area contributed by atoms with Crippen LogP contribution in [0.25, 0.3) is 0 Å². The maximum atomic E-state index is 9.56. The summed E-state index contributed by atoms with van der Waals surface area (Å²) in [6, 6.07) is 3.80. The van der Waals surface area contributed by atoms with Crippen molar-refractivity contribution in [2.24, 2.45) is 0 Å². The third-order valence-corrected chi connectivity index (χ3v) is 4.01. The van der Waals surface area contributed by atoms with Gasteiger partial charge in [-0.15, -0.1) is 5.10 Å². The van der Waals surface area contributed by atoms with Gasteiger partial charge in [0.05, 0.1) is 36.3 Å². The molecular formula is C17H25N5O2. The summed E-state index contributed by atoms with van der Waals surface area (Å²) in [5.74, 6) is 0.821. The van der Waals surface area contributed by atoms with Crippen molar-refractivity contribution in [2.75, 3.05) is 13.1 Å². The Kier molecular flexibility index (Phi) is 5.42. The number of hydrogen-bond acceptors (Lipinski definition) is 6. The lowest BCUT2D eigenvalue weighted by molar-refractivity contribution is 0.0786. The average molecular weight is 331 g/mol.